The van der Waals surface area contributed by atoms with Crippen molar-refractivity contribution in [3.05, 3.63) is 36.0 Å². The highest BCUT2D eigenvalue weighted by atomic mass is 16.4. The number of nitrogens with zero attached hydrogens (tertiary/aromatic N) is 2. The summed E-state index contributed by atoms with van der Waals surface area (Å²) in [5.74, 6) is -1.09. The van der Waals surface area contributed by atoms with E-state index in [0.717, 1.165) is 16.6 Å². The van der Waals surface area contributed by atoms with Crippen LogP contribution in [0.4, 0.5) is 5.69 Å². The number of carbonyl (C=O) groups is 1. The summed E-state index contributed by atoms with van der Waals surface area (Å²) >= 11 is 0. The van der Waals surface area contributed by atoms with Gasteiger partial charge in [-0.1, -0.05) is 30.3 Å². The average Bonchev–Trinajstić information content (AvgIpc) is 2.48. The first-order valence-corrected chi connectivity index (χ1v) is 6.71. The van der Waals surface area contributed by atoms with Crippen molar-refractivity contribution >= 4 is 28.3 Å². The zero-order chi connectivity index (χ0) is 15.4. The highest BCUT2D eigenvalue weighted by Gasteiger charge is 2.21. The Hall–Kier alpha value is -2.63. The van der Waals surface area contributed by atoms with Gasteiger partial charge in [-0.05, 0) is 25.5 Å². The van der Waals surface area contributed by atoms with Crippen LogP contribution in [0.5, 0.6) is 0 Å². The van der Waals surface area contributed by atoms with Gasteiger partial charge >= 0.3 is 0 Å². The van der Waals surface area contributed by atoms with E-state index in [1.54, 1.807) is 13.0 Å². The molecule has 2 rings (SSSR count). The molecule has 0 aliphatic heterocycles. The number of hydrogen-bond donors (Lipinski definition) is 3. The lowest BCUT2D eigenvalue weighted by Crippen LogP contribution is -2.34. The Kier molecular flexibility index (Phi) is 4.37. The molecule has 21 heavy (non-hydrogen) atoms. The minimum Gasteiger partial charge on any atom is -0.409 e. The summed E-state index contributed by atoms with van der Waals surface area (Å²) in [5.41, 5.74) is 7.75. The lowest BCUT2D eigenvalue weighted by molar-refractivity contribution is -0.118. The summed E-state index contributed by atoms with van der Waals surface area (Å²) in [5, 5.41) is 15.4. The van der Waals surface area contributed by atoms with Crippen LogP contribution in [-0.2, 0) is 4.79 Å². The van der Waals surface area contributed by atoms with Gasteiger partial charge in [-0.2, -0.15) is 0 Å². The lowest BCUT2D eigenvalue weighted by atomic mass is 10.0. The summed E-state index contributed by atoms with van der Waals surface area (Å²) < 4.78 is 0. The van der Waals surface area contributed by atoms with E-state index in [1.807, 2.05) is 31.2 Å². The molecule has 2 aromatic rings. The Balaban J connectivity index is 2.35. The summed E-state index contributed by atoms with van der Waals surface area (Å²) in [7, 11) is 0. The standard InChI is InChI=1S/C15H18N4O2/c1-3-11(14(16)19-21)15(20)18-12-6-4-5-10-8-7-9(2)17-13(10)12/h4-8,11,21H,3H2,1-2H3,(H2,16,19)(H,18,20). The van der Waals surface area contributed by atoms with E-state index in [0.29, 0.717) is 12.1 Å². The van der Waals surface area contributed by atoms with Crippen molar-refractivity contribution in [3.8, 4) is 0 Å². The van der Waals surface area contributed by atoms with Crippen molar-refractivity contribution < 1.29 is 10.0 Å². The maximum atomic E-state index is 12.3. The molecule has 0 fully saturated rings. The largest absolute Gasteiger partial charge is 0.409 e. The van der Waals surface area contributed by atoms with Gasteiger partial charge in [-0.25, -0.2) is 0 Å². The zero-order valence-corrected chi connectivity index (χ0v) is 12.0. The first-order chi connectivity index (χ1) is 10.1. The van der Waals surface area contributed by atoms with E-state index in [1.165, 1.54) is 0 Å². The fourth-order valence-corrected chi connectivity index (χ4v) is 2.16. The van der Waals surface area contributed by atoms with Gasteiger partial charge in [0.05, 0.1) is 17.1 Å². The number of nitrogens with two attached hydrogens (primary N) is 1. The third kappa shape index (κ3) is 3.10. The zero-order valence-electron chi connectivity index (χ0n) is 12.0. The van der Waals surface area contributed by atoms with Crippen molar-refractivity contribution in [1.82, 2.24) is 4.98 Å². The quantitative estimate of drug-likeness (QED) is 0.347. The van der Waals surface area contributed by atoms with E-state index in [9.17, 15) is 4.79 Å². The van der Waals surface area contributed by atoms with Crippen LogP contribution >= 0.6 is 0 Å². The molecule has 1 amide bonds. The van der Waals surface area contributed by atoms with Gasteiger partial charge in [0.15, 0.2) is 5.84 Å². The summed E-state index contributed by atoms with van der Waals surface area (Å²) in [4.78, 5) is 16.7. The van der Waals surface area contributed by atoms with Gasteiger partial charge in [0.1, 0.15) is 0 Å². The van der Waals surface area contributed by atoms with Crippen molar-refractivity contribution in [2.45, 2.75) is 20.3 Å². The summed E-state index contributed by atoms with van der Waals surface area (Å²) in [6, 6.07) is 9.43. The molecular weight excluding hydrogens is 268 g/mol. The minimum absolute atomic E-state index is 0.0978. The Bertz CT molecular complexity index is 697. The molecule has 1 heterocycles. The minimum atomic E-state index is -0.671. The Labute approximate surface area is 122 Å². The number of fused-ring (bicyclic) bond motifs is 1. The second-order valence-corrected chi connectivity index (χ2v) is 4.80. The number of rotatable bonds is 4. The van der Waals surface area contributed by atoms with Gasteiger partial charge in [0.2, 0.25) is 5.91 Å². The van der Waals surface area contributed by atoms with E-state index in [2.05, 4.69) is 15.5 Å². The molecule has 1 aromatic heterocycles. The number of oxime groups is 1. The highest BCUT2D eigenvalue weighted by Crippen LogP contribution is 2.22. The topological polar surface area (TPSA) is 101 Å². The van der Waals surface area contributed by atoms with Crippen LogP contribution in [0.25, 0.3) is 10.9 Å². The van der Waals surface area contributed by atoms with Gasteiger partial charge in [0.25, 0.3) is 0 Å². The molecule has 0 bridgehead atoms. The number of para-hydroxylation sites is 1. The first kappa shape index (κ1) is 14.8. The number of hydrogen-bond acceptors (Lipinski definition) is 4. The fourth-order valence-electron chi connectivity index (χ4n) is 2.16. The van der Waals surface area contributed by atoms with E-state index in [-0.39, 0.29) is 11.7 Å². The predicted octanol–water partition coefficient (Wildman–Crippen LogP) is 2.25. The second-order valence-electron chi connectivity index (χ2n) is 4.80. The van der Waals surface area contributed by atoms with Crippen molar-refractivity contribution in [1.29, 1.82) is 0 Å². The van der Waals surface area contributed by atoms with Crippen molar-refractivity contribution in [3.63, 3.8) is 0 Å². The average molecular weight is 286 g/mol. The number of pyridine rings is 1. The molecule has 1 unspecified atom stereocenters. The highest BCUT2D eigenvalue weighted by molar-refractivity contribution is 6.10. The van der Waals surface area contributed by atoms with E-state index in [4.69, 9.17) is 10.9 Å². The smallest absolute Gasteiger partial charge is 0.235 e. The van der Waals surface area contributed by atoms with Crippen LogP contribution in [0.1, 0.15) is 19.0 Å². The molecular formula is C15H18N4O2. The Morgan fingerprint density at radius 1 is 1.43 bits per heavy atom. The SMILES string of the molecule is CCC(C(=O)Nc1cccc2ccc(C)nc12)C(N)=NO. The van der Waals surface area contributed by atoms with E-state index >= 15 is 0 Å². The summed E-state index contributed by atoms with van der Waals surface area (Å²) in [6.45, 7) is 3.69. The molecule has 0 radical (unpaired) electrons. The maximum Gasteiger partial charge on any atom is 0.235 e. The molecule has 0 saturated heterocycles. The molecule has 0 aliphatic carbocycles. The van der Waals surface area contributed by atoms with Gasteiger partial charge in [-0.3, -0.25) is 9.78 Å². The number of anilines is 1. The van der Waals surface area contributed by atoms with Crippen molar-refractivity contribution in [2.24, 2.45) is 16.8 Å². The molecule has 4 N–H and O–H groups in total. The van der Waals surface area contributed by atoms with Crippen LogP contribution in [0, 0.1) is 12.8 Å². The Morgan fingerprint density at radius 2 is 2.19 bits per heavy atom. The Morgan fingerprint density at radius 3 is 2.86 bits per heavy atom. The third-order valence-corrected chi connectivity index (χ3v) is 3.31. The maximum absolute atomic E-state index is 12.3. The molecule has 0 saturated carbocycles. The number of aryl methyl sites for hydroxylation is 1. The monoisotopic (exact) mass is 286 g/mol. The second kappa shape index (κ2) is 6.21. The number of carbonyl (C=O) groups excluding carboxylic acids is 1. The number of aromatic nitrogens is 1. The van der Waals surface area contributed by atoms with Gasteiger partial charge < -0.3 is 16.3 Å². The van der Waals surface area contributed by atoms with Crippen LogP contribution in [0.2, 0.25) is 0 Å². The number of amidine groups is 1. The summed E-state index contributed by atoms with van der Waals surface area (Å²) in [6.07, 6.45) is 0.443. The molecule has 6 nitrogen and oxygen atoms in total. The van der Waals surface area contributed by atoms with Gasteiger partial charge in [-0.15, -0.1) is 0 Å². The molecule has 1 atom stereocenters. The lowest BCUT2D eigenvalue weighted by Gasteiger charge is -2.14. The third-order valence-electron chi connectivity index (χ3n) is 3.31. The molecule has 1 aromatic carbocycles. The molecule has 0 spiro atoms. The number of nitrogens with one attached hydrogen (secondary N) is 1. The number of amides is 1. The molecule has 110 valence electrons. The van der Waals surface area contributed by atoms with Crippen molar-refractivity contribution in [2.75, 3.05) is 5.32 Å². The van der Waals surface area contributed by atoms with Crippen LogP contribution in [0.3, 0.4) is 0 Å². The van der Waals surface area contributed by atoms with Crippen LogP contribution in [0.15, 0.2) is 35.5 Å². The molecule has 6 heteroatoms. The first-order valence-electron chi connectivity index (χ1n) is 6.71. The van der Waals surface area contributed by atoms with E-state index < -0.39 is 5.92 Å². The number of benzene rings is 1. The fraction of sp³-hybridized carbons (Fsp3) is 0.267. The van der Waals surface area contributed by atoms with Gasteiger partial charge in [0, 0.05) is 11.1 Å². The van der Waals surface area contributed by atoms with Crippen LogP contribution in [-0.4, -0.2) is 21.9 Å². The normalized spacial score (nSPS) is 13.1. The molecule has 0 aliphatic rings. The van der Waals surface area contributed by atoms with Crippen LogP contribution < -0.4 is 11.1 Å². The predicted molar refractivity (Wildman–Crippen MR) is 82.3 cm³/mol.